The van der Waals surface area contributed by atoms with Crippen LogP contribution in [0, 0.1) is 11.6 Å². The first-order chi connectivity index (χ1) is 9.34. The molecule has 1 heterocycles. The molecule has 1 aliphatic rings. The normalized spacial score (nSPS) is 24.8. The SMILES string of the molecule is CC1CN(S(=O)(=O)c2cc(F)ccc2F)CC(CN)O1. The van der Waals surface area contributed by atoms with Crippen LogP contribution < -0.4 is 5.73 Å². The van der Waals surface area contributed by atoms with Crippen molar-refractivity contribution in [3.63, 3.8) is 0 Å². The van der Waals surface area contributed by atoms with Crippen LogP contribution in [-0.2, 0) is 14.8 Å². The average molecular weight is 306 g/mol. The zero-order chi connectivity index (χ0) is 14.9. The Hall–Kier alpha value is -1.09. The Balaban J connectivity index is 2.36. The highest BCUT2D eigenvalue weighted by atomic mass is 32.2. The van der Waals surface area contributed by atoms with Crippen molar-refractivity contribution in [1.29, 1.82) is 0 Å². The molecule has 5 nitrogen and oxygen atoms in total. The molecule has 1 aromatic carbocycles. The number of hydrogen-bond acceptors (Lipinski definition) is 4. The fourth-order valence-electron chi connectivity index (χ4n) is 2.14. The van der Waals surface area contributed by atoms with Gasteiger partial charge < -0.3 is 10.5 Å². The topological polar surface area (TPSA) is 72.6 Å². The lowest BCUT2D eigenvalue weighted by molar-refractivity contribution is -0.0486. The molecule has 1 aromatic rings. The number of rotatable bonds is 3. The lowest BCUT2D eigenvalue weighted by Gasteiger charge is -2.35. The molecule has 2 N–H and O–H groups in total. The van der Waals surface area contributed by atoms with Gasteiger partial charge in [0.1, 0.15) is 16.5 Å². The molecule has 20 heavy (non-hydrogen) atoms. The van der Waals surface area contributed by atoms with Crippen LogP contribution in [0.4, 0.5) is 8.78 Å². The van der Waals surface area contributed by atoms with Crippen LogP contribution in [0.5, 0.6) is 0 Å². The molecule has 112 valence electrons. The molecular weight excluding hydrogens is 290 g/mol. The van der Waals surface area contributed by atoms with E-state index in [0.29, 0.717) is 6.07 Å². The van der Waals surface area contributed by atoms with Gasteiger partial charge in [-0.3, -0.25) is 0 Å². The number of nitrogens with two attached hydrogens (primary N) is 1. The van der Waals surface area contributed by atoms with Gasteiger partial charge in [-0.2, -0.15) is 4.31 Å². The van der Waals surface area contributed by atoms with Crippen LogP contribution in [0.3, 0.4) is 0 Å². The minimum absolute atomic E-state index is 0.0269. The van der Waals surface area contributed by atoms with Gasteiger partial charge in [0, 0.05) is 19.6 Å². The van der Waals surface area contributed by atoms with Gasteiger partial charge in [0.2, 0.25) is 10.0 Å². The van der Waals surface area contributed by atoms with Crippen molar-refractivity contribution in [2.45, 2.75) is 24.0 Å². The number of benzene rings is 1. The minimum atomic E-state index is -4.11. The largest absolute Gasteiger partial charge is 0.371 e. The second-order valence-corrected chi connectivity index (χ2v) is 6.61. The molecule has 0 amide bonds. The maximum absolute atomic E-state index is 13.7. The first-order valence-corrected chi connectivity index (χ1v) is 7.59. The van der Waals surface area contributed by atoms with Gasteiger partial charge in [-0.1, -0.05) is 0 Å². The van der Waals surface area contributed by atoms with E-state index in [4.69, 9.17) is 10.5 Å². The number of nitrogens with zero attached hydrogens (tertiary/aromatic N) is 1. The second-order valence-electron chi connectivity index (χ2n) is 4.70. The first-order valence-electron chi connectivity index (χ1n) is 6.15. The van der Waals surface area contributed by atoms with Crippen molar-refractivity contribution in [3.8, 4) is 0 Å². The van der Waals surface area contributed by atoms with E-state index in [2.05, 4.69) is 0 Å². The lowest BCUT2D eigenvalue weighted by Crippen LogP contribution is -2.51. The summed E-state index contributed by atoms with van der Waals surface area (Å²) in [7, 11) is -4.11. The molecule has 0 aliphatic carbocycles. The van der Waals surface area contributed by atoms with Crippen molar-refractivity contribution in [2.75, 3.05) is 19.6 Å². The quantitative estimate of drug-likeness (QED) is 0.892. The Kier molecular flexibility index (Phi) is 4.38. The zero-order valence-electron chi connectivity index (χ0n) is 10.9. The molecule has 0 aromatic heterocycles. The molecule has 0 saturated carbocycles. The molecule has 1 fully saturated rings. The van der Waals surface area contributed by atoms with Crippen LogP contribution in [-0.4, -0.2) is 44.6 Å². The summed E-state index contributed by atoms with van der Waals surface area (Å²) in [4.78, 5) is -0.664. The van der Waals surface area contributed by atoms with E-state index in [-0.39, 0.29) is 25.7 Å². The van der Waals surface area contributed by atoms with E-state index in [9.17, 15) is 17.2 Å². The van der Waals surface area contributed by atoms with Crippen LogP contribution in [0.2, 0.25) is 0 Å². The molecule has 1 saturated heterocycles. The number of sulfonamides is 1. The molecule has 0 radical (unpaired) electrons. The first kappa shape index (κ1) is 15.3. The summed E-state index contributed by atoms with van der Waals surface area (Å²) < 4.78 is 58.1. The predicted octanol–water partition coefficient (Wildman–Crippen LogP) is 0.702. The fourth-order valence-corrected chi connectivity index (χ4v) is 3.77. The van der Waals surface area contributed by atoms with E-state index in [0.717, 1.165) is 16.4 Å². The van der Waals surface area contributed by atoms with E-state index >= 15 is 0 Å². The van der Waals surface area contributed by atoms with Crippen molar-refractivity contribution in [3.05, 3.63) is 29.8 Å². The Morgan fingerprint density at radius 2 is 2.10 bits per heavy atom. The molecule has 2 unspecified atom stereocenters. The number of ether oxygens (including phenoxy) is 1. The summed E-state index contributed by atoms with van der Waals surface area (Å²) in [5.74, 6) is -1.78. The molecule has 1 aliphatic heterocycles. The van der Waals surface area contributed by atoms with E-state index < -0.39 is 32.7 Å². The number of halogens is 2. The summed E-state index contributed by atoms with van der Waals surface area (Å²) in [6, 6.07) is 2.35. The molecule has 0 spiro atoms. The van der Waals surface area contributed by atoms with Gasteiger partial charge in [0.05, 0.1) is 12.2 Å². The molecule has 2 rings (SSSR count). The number of morpholine rings is 1. The molecule has 2 atom stereocenters. The second kappa shape index (κ2) is 5.72. The standard InChI is InChI=1S/C12H16F2N2O3S/c1-8-6-16(7-10(5-15)19-8)20(17,18)12-4-9(13)2-3-11(12)14/h2-4,8,10H,5-7,15H2,1H3. The minimum Gasteiger partial charge on any atom is -0.371 e. The van der Waals surface area contributed by atoms with Crippen molar-refractivity contribution in [1.82, 2.24) is 4.31 Å². The van der Waals surface area contributed by atoms with E-state index in [1.54, 1.807) is 6.92 Å². The van der Waals surface area contributed by atoms with Crippen LogP contribution in [0.1, 0.15) is 6.92 Å². The van der Waals surface area contributed by atoms with Crippen molar-refractivity contribution in [2.24, 2.45) is 5.73 Å². The average Bonchev–Trinajstić information content (AvgIpc) is 2.40. The van der Waals surface area contributed by atoms with Gasteiger partial charge in [-0.05, 0) is 25.1 Å². The Morgan fingerprint density at radius 1 is 1.40 bits per heavy atom. The third-order valence-corrected chi connectivity index (χ3v) is 4.91. The van der Waals surface area contributed by atoms with Crippen LogP contribution >= 0.6 is 0 Å². The summed E-state index contributed by atoms with van der Waals surface area (Å²) in [6.07, 6.45) is -0.811. The summed E-state index contributed by atoms with van der Waals surface area (Å²) in [5, 5.41) is 0. The lowest BCUT2D eigenvalue weighted by atomic mass is 10.2. The Bertz CT molecular complexity index is 594. The van der Waals surface area contributed by atoms with Gasteiger partial charge in [0.15, 0.2) is 0 Å². The summed E-state index contributed by atoms with van der Waals surface area (Å²) in [6.45, 7) is 1.96. The van der Waals surface area contributed by atoms with Crippen LogP contribution in [0.25, 0.3) is 0 Å². The monoisotopic (exact) mass is 306 g/mol. The van der Waals surface area contributed by atoms with Crippen molar-refractivity contribution < 1.29 is 21.9 Å². The smallest absolute Gasteiger partial charge is 0.246 e. The highest BCUT2D eigenvalue weighted by molar-refractivity contribution is 7.89. The Morgan fingerprint density at radius 3 is 2.75 bits per heavy atom. The van der Waals surface area contributed by atoms with Crippen molar-refractivity contribution >= 4 is 10.0 Å². The predicted molar refractivity (Wildman–Crippen MR) is 68.5 cm³/mol. The van der Waals surface area contributed by atoms with Gasteiger partial charge >= 0.3 is 0 Å². The summed E-state index contributed by atoms with van der Waals surface area (Å²) in [5.41, 5.74) is 5.48. The maximum Gasteiger partial charge on any atom is 0.246 e. The third kappa shape index (κ3) is 2.98. The van der Waals surface area contributed by atoms with Gasteiger partial charge in [-0.25, -0.2) is 17.2 Å². The fraction of sp³-hybridized carbons (Fsp3) is 0.500. The molecular formula is C12H16F2N2O3S. The van der Waals surface area contributed by atoms with Gasteiger partial charge in [-0.15, -0.1) is 0 Å². The van der Waals surface area contributed by atoms with Gasteiger partial charge in [0.25, 0.3) is 0 Å². The Labute approximate surface area is 116 Å². The highest BCUT2D eigenvalue weighted by Crippen LogP contribution is 2.23. The maximum atomic E-state index is 13.7. The molecule has 0 bridgehead atoms. The summed E-state index contributed by atoms with van der Waals surface area (Å²) >= 11 is 0. The number of hydrogen-bond donors (Lipinski definition) is 1. The third-order valence-electron chi connectivity index (χ3n) is 3.07. The van der Waals surface area contributed by atoms with Crippen LogP contribution in [0.15, 0.2) is 23.1 Å². The highest BCUT2D eigenvalue weighted by Gasteiger charge is 2.35. The van der Waals surface area contributed by atoms with E-state index in [1.165, 1.54) is 0 Å². The zero-order valence-corrected chi connectivity index (χ0v) is 11.7. The van der Waals surface area contributed by atoms with E-state index in [1.807, 2.05) is 0 Å². The molecule has 8 heteroatoms.